The quantitative estimate of drug-likeness (QED) is 0.446. The molecular formula is C27H30FN5O. The molecule has 2 aliphatic rings. The van der Waals surface area contributed by atoms with Crippen molar-refractivity contribution in [3.8, 4) is 5.69 Å². The maximum absolute atomic E-state index is 13.5. The second kappa shape index (κ2) is 8.87. The van der Waals surface area contributed by atoms with Crippen LogP contribution in [0.5, 0.6) is 0 Å². The van der Waals surface area contributed by atoms with Gasteiger partial charge in [0, 0.05) is 36.8 Å². The number of benzene rings is 2. The third-order valence-corrected chi connectivity index (χ3v) is 7.53. The van der Waals surface area contributed by atoms with Crippen molar-refractivity contribution in [2.75, 3.05) is 19.6 Å². The van der Waals surface area contributed by atoms with E-state index in [1.165, 1.54) is 23.1 Å². The van der Waals surface area contributed by atoms with Gasteiger partial charge in [0.2, 0.25) is 0 Å². The van der Waals surface area contributed by atoms with Crippen molar-refractivity contribution in [1.29, 1.82) is 0 Å². The fourth-order valence-corrected chi connectivity index (χ4v) is 5.64. The lowest BCUT2D eigenvalue weighted by atomic mass is 9.89. The van der Waals surface area contributed by atoms with E-state index < -0.39 is 0 Å². The van der Waals surface area contributed by atoms with Gasteiger partial charge in [-0.15, -0.1) is 0 Å². The Morgan fingerprint density at radius 3 is 2.53 bits per heavy atom. The van der Waals surface area contributed by atoms with Crippen LogP contribution in [0.3, 0.4) is 0 Å². The Morgan fingerprint density at radius 2 is 1.74 bits per heavy atom. The molecule has 4 heterocycles. The van der Waals surface area contributed by atoms with Crippen LogP contribution >= 0.6 is 0 Å². The molecule has 2 aliphatic heterocycles. The fraction of sp³-hybridized carbons (Fsp3) is 0.407. The summed E-state index contributed by atoms with van der Waals surface area (Å²) >= 11 is 0. The number of para-hydroxylation sites is 1. The lowest BCUT2D eigenvalue weighted by Gasteiger charge is -2.31. The van der Waals surface area contributed by atoms with Crippen LogP contribution in [0.15, 0.2) is 59.5 Å². The molecule has 0 unspecified atom stereocenters. The molecule has 0 atom stereocenters. The van der Waals surface area contributed by atoms with E-state index in [9.17, 15) is 9.18 Å². The lowest BCUT2D eigenvalue weighted by Crippen LogP contribution is -2.37. The number of piperidine rings is 1. The van der Waals surface area contributed by atoms with Crippen molar-refractivity contribution < 1.29 is 4.39 Å². The second-order valence-electron chi connectivity index (χ2n) is 9.59. The Labute approximate surface area is 198 Å². The lowest BCUT2D eigenvalue weighted by molar-refractivity contribution is 0.202. The molecule has 2 aromatic carbocycles. The number of hydrogen-bond donors (Lipinski definition) is 0. The van der Waals surface area contributed by atoms with Crippen LogP contribution in [-0.2, 0) is 19.5 Å². The zero-order valence-electron chi connectivity index (χ0n) is 19.4. The van der Waals surface area contributed by atoms with Crippen LogP contribution in [0.25, 0.3) is 16.6 Å². The highest BCUT2D eigenvalue weighted by Gasteiger charge is 2.24. The molecule has 0 bridgehead atoms. The highest BCUT2D eigenvalue weighted by molar-refractivity contribution is 5.86. The van der Waals surface area contributed by atoms with Crippen LogP contribution in [0, 0.1) is 5.82 Å². The van der Waals surface area contributed by atoms with Gasteiger partial charge >= 0.3 is 5.69 Å². The van der Waals surface area contributed by atoms with E-state index in [-0.39, 0.29) is 11.5 Å². The number of hydrogen-bond acceptors (Lipinski definition) is 3. The summed E-state index contributed by atoms with van der Waals surface area (Å²) in [6.07, 6.45) is 7.54. The van der Waals surface area contributed by atoms with E-state index in [4.69, 9.17) is 0 Å². The van der Waals surface area contributed by atoms with Gasteiger partial charge in [0.25, 0.3) is 0 Å². The summed E-state index contributed by atoms with van der Waals surface area (Å²) < 4.78 is 19.2. The van der Waals surface area contributed by atoms with Gasteiger partial charge in [-0.1, -0.05) is 18.2 Å². The Morgan fingerprint density at radius 1 is 0.941 bits per heavy atom. The van der Waals surface area contributed by atoms with Crippen LogP contribution < -0.4 is 5.69 Å². The molecule has 4 aromatic rings. The Kier molecular flexibility index (Phi) is 5.57. The molecule has 7 heteroatoms. The largest absolute Gasteiger partial charge is 0.345 e. The molecule has 0 amide bonds. The number of likely N-dealkylation sites (tertiary alicyclic amines) is 1. The summed E-state index contributed by atoms with van der Waals surface area (Å²) in [5.74, 6) is 1.23. The molecule has 1 saturated heterocycles. The molecule has 0 N–H and O–H groups in total. The summed E-state index contributed by atoms with van der Waals surface area (Å²) in [6.45, 7) is 4.37. The summed E-state index contributed by atoms with van der Waals surface area (Å²) in [6, 6.07) is 15.2. The molecule has 0 saturated carbocycles. The van der Waals surface area contributed by atoms with E-state index >= 15 is 0 Å². The first-order valence-corrected chi connectivity index (χ1v) is 12.4. The molecular weight excluding hydrogens is 429 g/mol. The molecule has 34 heavy (non-hydrogen) atoms. The van der Waals surface area contributed by atoms with Gasteiger partial charge in [-0.05, 0) is 80.6 Å². The minimum absolute atomic E-state index is 0.0539. The molecule has 0 spiro atoms. The van der Waals surface area contributed by atoms with E-state index in [0.717, 1.165) is 75.3 Å². The predicted molar refractivity (Wildman–Crippen MR) is 131 cm³/mol. The van der Waals surface area contributed by atoms with E-state index in [1.807, 2.05) is 16.7 Å². The predicted octanol–water partition coefficient (Wildman–Crippen LogP) is 4.34. The normalized spacial score (nSPS) is 17.3. The Balaban J connectivity index is 1.15. The number of nitrogens with zero attached hydrogens (tertiary/aromatic N) is 5. The summed E-state index contributed by atoms with van der Waals surface area (Å²) in [5.41, 5.74) is 3.57. The molecule has 176 valence electrons. The Bertz CT molecular complexity index is 1360. The van der Waals surface area contributed by atoms with E-state index in [2.05, 4.69) is 45.0 Å². The first-order chi connectivity index (χ1) is 16.7. The molecule has 6 rings (SSSR count). The summed E-state index contributed by atoms with van der Waals surface area (Å²) in [7, 11) is 0. The van der Waals surface area contributed by atoms with Gasteiger partial charge in [-0.25, -0.2) is 13.9 Å². The van der Waals surface area contributed by atoms with Crippen LogP contribution in [0.1, 0.15) is 43.0 Å². The van der Waals surface area contributed by atoms with E-state index in [0.29, 0.717) is 12.5 Å². The van der Waals surface area contributed by atoms with Crippen LogP contribution in [-0.4, -0.2) is 43.4 Å². The topological polar surface area (TPSA) is 48.0 Å². The van der Waals surface area contributed by atoms with Crippen LogP contribution in [0.4, 0.5) is 4.39 Å². The highest BCUT2D eigenvalue weighted by Crippen LogP contribution is 2.35. The standard InChI is InChI=1S/C27H30FN5O/c28-21-8-10-22(11-9-21)32-19-24(23-5-1-2-6-25(23)32)20-12-15-30(16-13-20)17-18-33-27(34)31-14-4-3-7-26(31)29-33/h1-2,5-6,8-11,19-20H,3-4,7,12-18H2. The van der Waals surface area contributed by atoms with Crippen LogP contribution in [0.2, 0.25) is 0 Å². The first kappa shape index (κ1) is 21.4. The minimum Gasteiger partial charge on any atom is -0.316 e. The van der Waals surface area contributed by atoms with Crippen molar-refractivity contribution in [2.24, 2.45) is 0 Å². The molecule has 6 nitrogen and oxygen atoms in total. The third-order valence-electron chi connectivity index (χ3n) is 7.53. The average Bonchev–Trinajstić information content (AvgIpc) is 3.42. The van der Waals surface area contributed by atoms with Crippen molar-refractivity contribution in [3.63, 3.8) is 0 Å². The smallest absolute Gasteiger partial charge is 0.316 e. The van der Waals surface area contributed by atoms with Crippen molar-refractivity contribution in [3.05, 3.63) is 82.4 Å². The maximum atomic E-state index is 13.5. The van der Waals surface area contributed by atoms with Crippen molar-refractivity contribution >= 4 is 10.9 Å². The first-order valence-electron chi connectivity index (χ1n) is 12.4. The average molecular weight is 460 g/mol. The molecule has 2 aromatic heterocycles. The molecule has 0 radical (unpaired) electrons. The minimum atomic E-state index is -0.217. The fourth-order valence-electron chi connectivity index (χ4n) is 5.64. The zero-order valence-corrected chi connectivity index (χ0v) is 19.4. The van der Waals surface area contributed by atoms with Crippen molar-refractivity contribution in [1.82, 2.24) is 23.8 Å². The third kappa shape index (κ3) is 3.88. The SMILES string of the molecule is O=c1n(CCN2CCC(c3cn(-c4ccc(F)cc4)c4ccccc34)CC2)nc2n1CCCC2. The zero-order chi connectivity index (χ0) is 23.1. The monoisotopic (exact) mass is 459 g/mol. The van der Waals surface area contributed by atoms with Gasteiger partial charge in [-0.2, -0.15) is 5.10 Å². The molecule has 0 aliphatic carbocycles. The van der Waals surface area contributed by atoms with Gasteiger partial charge in [0.1, 0.15) is 11.6 Å². The van der Waals surface area contributed by atoms with Gasteiger partial charge in [0.05, 0.1) is 12.1 Å². The number of fused-ring (bicyclic) bond motifs is 2. The van der Waals surface area contributed by atoms with Gasteiger partial charge < -0.3 is 9.47 Å². The van der Waals surface area contributed by atoms with Crippen molar-refractivity contribution in [2.45, 2.75) is 51.1 Å². The molecule has 1 fully saturated rings. The number of halogens is 1. The Hall–Kier alpha value is -3.19. The number of rotatable bonds is 5. The maximum Gasteiger partial charge on any atom is 0.345 e. The second-order valence-corrected chi connectivity index (χ2v) is 9.59. The number of aryl methyl sites for hydroxylation is 1. The van der Waals surface area contributed by atoms with Gasteiger partial charge in [-0.3, -0.25) is 4.57 Å². The number of aromatic nitrogens is 4. The summed E-state index contributed by atoms with van der Waals surface area (Å²) in [5, 5.41) is 5.86. The highest BCUT2D eigenvalue weighted by atomic mass is 19.1. The summed E-state index contributed by atoms with van der Waals surface area (Å²) in [4.78, 5) is 15.1. The van der Waals surface area contributed by atoms with Gasteiger partial charge in [0.15, 0.2) is 0 Å². The van der Waals surface area contributed by atoms with E-state index in [1.54, 1.807) is 4.68 Å².